The predicted octanol–water partition coefficient (Wildman–Crippen LogP) is 2.15. The molecule has 5 nitrogen and oxygen atoms in total. The SMILES string of the molecule is CNc1nccc(C(=O)NC(C)c2cccnc2)c1F. The fraction of sp³-hybridized carbons (Fsp3) is 0.214. The van der Waals surface area contributed by atoms with Crippen LogP contribution in [0.1, 0.15) is 28.9 Å². The van der Waals surface area contributed by atoms with E-state index in [0.29, 0.717) is 0 Å². The van der Waals surface area contributed by atoms with Crippen molar-refractivity contribution in [1.82, 2.24) is 15.3 Å². The van der Waals surface area contributed by atoms with Crippen molar-refractivity contribution < 1.29 is 9.18 Å². The minimum atomic E-state index is -0.661. The monoisotopic (exact) mass is 274 g/mol. The molecule has 1 atom stereocenters. The lowest BCUT2D eigenvalue weighted by Crippen LogP contribution is -2.27. The van der Waals surface area contributed by atoms with Crippen LogP contribution in [0, 0.1) is 5.82 Å². The van der Waals surface area contributed by atoms with Crippen LogP contribution in [0.2, 0.25) is 0 Å². The highest BCUT2D eigenvalue weighted by molar-refractivity contribution is 5.95. The number of hydrogen-bond donors (Lipinski definition) is 2. The van der Waals surface area contributed by atoms with E-state index in [1.54, 1.807) is 25.5 Å². The number of halogens is 1. The van der Waals surface area contributed by atoms with Crippen molar-refractivity contribution in [2.75, 3.05) is 12.4 Å². The highest BCUT2D eigenvalue weighted by atomic mass is 19.1. The molecule has 20 heavy (non-hydrogen) atoms. The van der Waals surface area contributed by atoms with Gasteiger partial charge in [-0.2, -0.15) is 0 Å². The van der Waals surface area contributed by atoms with E-state index in [9.17, 15) is 9.18 Å². The molecular formula is C14H15FN4O. The molecule has 2 N–H and O–H groups in total. The van der Waals surface area contributed by atoms with Crippen LogP contribution in [0.4, 0.5) is 10.2 Å². The number of carbonyl (C=O) groups excluding carboxylic acids is 1. The second kappa shape index (κ2) is 6.10. The average molecular weight is 274 g/mol. The first-order valence-electron chi connectivity index (χ1n) is 6.16. The van der Waals surface area contributed by atoms with E-state index in [1.807, 2.05) is 13.0 Å². The number of amides is 1. The lowest BCUT2D eigenvalue weighted by Gasteiger charge is -2.14. The summed E-state index contributed by atoms with van der Waals surface area (Å²) in [7, 11) is 1.55. The van der Waals surface area contributed by atoms with Gasteiger partial charge in [0.2, 0.25) is 0 Å². The van der Waals surface area contributed by atoms with Gasteiger partial charge in [0.25, 0.3) is 5.91 Å². The Morgan fingerprint density at radius 2 is 2.15 bits per heavy atom. The zero-order valence-corrected chi connectivity index (χ0v) is 11.2. The zero-order valence-electron chi connectivity index (χ0n) is 11.2. The molecule has 1 amide bonds. The minimum absolute atomic E-state index is 0.0416. The van der Waals surface area contributed by atoms with Crippen molar-refractivity contribution in [3.05, 3.63) is 53.7 Å². The first-order chi connectivity index (χ1) is 9.63. The first-order valence-corrected chi connectivity index (χ1v) is 6.16. The highest BCUT2D eigenvalue weighted by Crippen LogP contribution is 2.16. The summed E-state index contributed by atoms with van der Waals surface area (Å²) in [6.07, 6.45) is 4.70. The van der Waals surface area contributed by atoms with Crippen LogP contribution in [0.5, 0.6) is 0 Å². The van der Waals surface area contributed by atoms with Crippen molar-refractivity contribution in [2.45, 2.75) is 13.0 Å². The fourth-order valence-corrected chi connectivity index (χ4v) is 1.78. The van der Waals surface area contributed by atoms with Gasteiger partial charge in [0.05, 0.1) is 11.6 Å². The maximum absolute atomic E-state index is 14.0. The third-order valence-electron chi connectivity index (χ3n) is 2.90. The lowest BCUT2D eigenvalue weighted by molar-refractivity contribution is 0.0935. The van der Waals surface area contributed by atoms with Gasteiger partial charge in [-0.15, -0.1) is 0 Å². The van der Waals surface area contributed by atoms with Crippen molar-refractivity contribution in [3.63, 3.8) is 0 Å². The molecule has 2 aromatic heterocycles. The van der Waals surface area contributed by atoms with E-state index in [4.69, 9.17) is 0 Å². The quantitative estimate of drug-likeness (QED) is 0.896. The van der Waals surface area contributed by atoms with E-state index in [1.165, 1.54) is 12.3 Å². The molecule has 0 aliphatic carbocycles. The van der Waals surface area contributed by atoms with Gasteiger partial charge in [0.15, 0.2) is 11.6 Å². The maximum atomic E-state index is 14.0. The van der Waals surface area contributed by atoms with E-state index in [-0.39, 0.29) is 17.4 Å². The number of hydrogen-bond acceptors (Lipinski definition) is 4. The molecule has 2 aromatic rings. The summed E-state index contributed by atoms with van der Waals surface area (Å²) in [6.45, 7) is 1.81. The Morgan fingerprint density at radius 3 is 2.80 bits per heavy atom. The van der Waals surface area contributed by atoms with E-state index in [0.717, 1.165) is 5.56 Å². The summed E-state index contributed by atoms with van der Waals surface area (Å²) in [5.41, 5.74) is 0.809. The molecule has 2 heterocycles. The van der Waals surface area contributed by atoms with Crippen LogP contribution in [0.15, 0.2) is 36.8 Å². The van der Waals surface area contributed by atoms with Crippen molar-refractivity contribution in [3.8, 4) is 0 Å². The van der Waals surface area contributed by atoms with Crippen LogP contribution in [-0.2, 0) is 0 Å². The summed E-state index contributed by atoms with van der Waals surface area (Å²) in [5.74, 6) is -1.10. The van der Waals surface area contributed by atoms with Crippen molar-refractivity contribution >= 4 is 11.7 Å². The van der Waals surface area contributed by atoms with Gasteiger partial charge in [-0.05, 0) is 24.6 Å². The van der Waals surface area contributed by atoms with Gasteiger partial charge in [-0.25, -0.2) is 9.37 Å². The van der Waals surface area contributed by atoms with Crippen LogP contribution in [0.25, 0.3) is 0 Å². The molecule has 1 unspecified atom stereocenters. The molecular weight excluding hydrogens is 259 g/mol. The van der Waals surface area contributed by atoms with Crippen LogP contribution in [-0.4, -0.2) is 22.9 Å². The van der Waals surface area contributed by atoms with Gasteiger partial charge < -0.3 is 10.6 Å². The highest BCUT2D eigenvalue weighted by Gasteiger charge is 2.17. The smallest absolute Gasteiger partial charge is 0.254 e. The zero-order chi connectivity index (χ0) is 14.5. The van der Waals surface area contributed by atoms with Gasteiger partial charge in [-0.3, -0.25) is 9.78 Å². The number of carbonyl (C=O) groups is 1. The van der Waals surface area contributed by atoms with Gasteiger partial charge in [0, 0.05) is 25.6 Å². The molecule has 2 rings (SSSR count). The van der Waals surface area contributed by atoms with Gasteiger partial charge in [0.1, 0.15) is 0 Å². The Hall–Kier alpha value is -2.50. The predicted molar refractivity (Wildman–Crippen MR) is 73.9 cm³/mol. The summed E-state index contributed by atoms with van der Waals surface area (Å²) in [4.78, 5) is 19.9. The third-order valence-corrected chi connectivity index (χ3v) is 2.90. The van der Waals surface area contributed by atoms with Crippen LogP contribution >= 0.6 is 0 Å². The van der Waals surface area contributed by atoms with E-state index < -0.39 is 11.7 Å². The van der Waals surface area contributed by atoms with E-state index in [2.05, 4.69) is 20.6 Å². The number of aromatic nitrogens is 2. The number of nitrogens with one attached hydrogen (secondary N) is 2. The Balaban J connectivity index is 2.17. The molecule has 0 saturated heterocycles. The van der Waals surface area contributed by atoms with Gasteiger partial charge >= 0.3 is 0 Å². The van der Waals surface area contributed by atoms with Crippen LogP contribution < -0.4 is 10.6 Å². The molecule has 0 aliphatic heterocycles. The average Bonchev–Trinajstić information content (AvgIpc) is 2.48. The molecule has 6 heteroatoms. The normalized spacial score (nSPS) is 11.8. The third kappa shape index (κ3) is 2.90. The van der Waals surface area contributed by atoms with Crippen molar-refractivity contribution in [1.29, 1.82) is 0 Å². The Labute approximate surface area is 116 Å². The number of nitrogens with zero attached hydrogens (tertiary/aromatic N) is 2. The maximum Gasteiger partial charge on any atom is 0.254 e. The Morgan fingerprint density at radius 1 is 1.35 bits per heavy atom. The summed E-state index contributed by atoms with van der Waals surface area (Å²) >= 11 is 0. The molecule has 0 saturated carbocycles. The Bertz CT molecular complexity index is 603. The minimum Gasteiger partial charge on any atom is -0.371 e. The largest absolute Gasteiger partial charge is 0.371 e. The molecule has 0 spiro atoms. The molecule has 104 valence electrons. The standard InChI is InChI=1S/C14H15FN4O/c1-9(10-4-3-6-17-8-10)19-14(20)11-5-7-18-13(16-2)12(11)15/h3-9H,1-2H3,(H,16,18)(H,19,20). The fourth-order valence-electron chi connectivity index (χ4n) is 1.78. The topological polar surface area (TPSA) is 66.9 Å². The summed E-state index contributed by atoms with van der Waals surface area (Å²) < 4.78 is 14.0. The molecule has 0 radical (unpaired) electrons. The molecule has 0 aliphatic rings. The summed E-state index contributed by atoms with van der Waals surface area (Å²) in [5, 5.41) is 5.33. The number of pyridine rings is 2. The number of anilines is 1. The van der Waals surface area contributed by atoms with Crippen molar-refractivity contribution in [2.24, 2.45) is 0 Å². The van der Waals surface area contributed by atoms with E-state index >= 15 is 0 Å². The summed E-state index contributed by atoms with van der Waals surface area (Å²) in [6, 6.07) is 4.72. The number of rotatable bonds is 4. The lowest BCUT2D eigenvalue weighted by atomic mass is 10.1. The first kappa shape index (κ1) is 13.9. The molecule has 0 aromatic carbocycles. The molecule has 0 bridgehead atoms. The second-order valence-electron chi connectivity index (χ2n) is 4.25. The van der Waals surface area contributed by atoms with Crippen LogP contribution in [0.3, 0.4) is 0 Å². The Kier molecular flexibility index (Phi) is 4.24. The molecule has 0 fully saturated rings. The second-order valence-corrected chi connectivity index (χ2v) is 4.25. The van der Waals surface area contributed by atoms with Gasteiger partial charge in [-0.1, -0.05) is 6.07 Å².